The van der Waals surface area contributed by atoms with E-state index >= 15 is 0 Å². The summed E-state index contributed by atoms with van der Waals surface area (Å²) in [5.74, 6) is -0.195. The average molecular weight is 757 g/mol. The molecular formula is C26H44N8O14S2. The predicted molar refractivity (Wildman–Crippen MR) is 166 cm³/mol. The number of carbonyl (C=O) groups is 4. The van der Waals surface area contributed by atoms with Gasteiger partial charge in [-0.2, -0.15) is 27.0 Å². The van der Waals surface area contributed by atoms with Crippen LogP contribution in [0.3, 0.4) is 0 Å². The highest BCUT2D eigenvalue weighted by atomic mass is 32.3. The van der Waals surface area contributed by atoms with Gasteiger partial charge in [0.15, 0.2) is 0 Å². The lowest BCUT2D eigenvalue weighted by Gasteiger charge is -2.29. The number of rotatable bonds is 12. The van der Waals surface area contributed by atoms with Crippen LogP contribution in [0.4, 0.5) is 9.59 Å². The molecule has 0 radical (unpaired) electrons. The largest absolute Gasteiger partial charge is 0.418 e. The number of nitrogens with zero attached hydrogens (tertiary/aromatic N) is 4. The van der Waals surface area contributed by atoms with Crippen molar-refractivity contribution in [2.24, 2.45) is 11.8 Å². The molecule has 1 unspecified atom stereocenters. The zero-order valence-electron chi connectivity index (χ0n) is 27.2. The summed E-state index contributed by atoms with van der Waals surface area (Å²) >= 11 is 0. The molecule has 0 aromatic rings. The molecule has 0 aliphatic carbocycles. The van der Waals surface area contributed by atoms with Crippen molar-refractivity contribution in [2.45, 2.75) is 75.5 Å². The van der Waals surface area contributed by atoms with E-state index in [1.165, 1.54) is 9.80 Å². The molecule has 4 bridgehead atoms. The van der Waals surface area contributed by atoms with Crippen LogP contribution in [-0.4, -0.2) is 146 Å². The molecule has 0 spiro atoms. The van der Waals surface area contributed by atoms with Gasteiger partial charge in [0.2, 0.25) is 0 Å². The third-order valence-corrected chi connectivity index (χ3v) is 10.1. The molecule has 0 saturated carbocycles. The van der Waals surface area contributed by atoms with Gasteiger partial charge in [-0.05, 0) is 82.8 Å². The molecule has 6 fully saturated rings. The Labute approximate surface area is 289 Å². The Morgan fingerprint density at radius 1 is 0.680 bits per heavy atom. The van der Waals surface area contributed by atoms with Gasteiger partial charge in [-0.1, -0.05) is 0 Å². The van der Waals surface area contributed by atoms with Crippen molar-refractivity contribution in [1.29, 1.82) is 0 Å². The van der Waals surface area contributed by atoms with Crippen LogP contribution >= 0.6 is 0 Å². The van der Waals surface area contributed by atoms with Gasteiger partial charge in [-0.3, -0.25) is 28.4 Å². The fourth-order valence-corrected chi connectivity index (χ4v) is 7.70. The molecule has 6 saturated heterocycles. The van der Waals surface area contributed by atoms with Gasteiger partial charge in [0, 0.05) is 19.6 Å². The van der Waals surface area contributed by atoms with E-state index in [1.54, 1.807) is 0 Å². The molecule has 0 aromatic heterocycles. The number of hydroxylamine groups is 6. The van der Waals surface area contributed by atoms with Crippen molar-refractivity contribution in [3.63, 3.8) is 0 Å². The molecule has 22 nitrogen and oxygen atoms in total. The van der Waals surface area contributed by atoms with Gasteiger partial charge < -0.3 is 20.4 Å². The second kappa shape index (κ2) is 16.6. The van der Waals surface area contributed by atoms with Crippen LogP contribution in [0.5, 0.6) is 0 Å². The summed E-state index contributed by atoms with van der Waals surface area (Å²) in [7, 11) is -9.59. The third kappa shape index (κ3) is 10.1. The van der Waals surface area contributed by atoms with Crippen molar-refractivity contribution in [3.8, 4) is 0 Å². The first-order chi connectivity index (χ1) is 23.7. The van der Waals surface area contributed by atoms with E-state index in [0.717, 1.165) is 51.9 Å². The molecule has 0 aromatic carbocycles. The molecule has 6 heterocycles. The number of hydrogen-bond acceptors (Lipinski definition) is 14. The molecule has 6 N–H and O–H groups in total. The molecule has 5 atom stereocenters. The fraction of sp³-hybridized carbons (Fsp3) is 0.846. The quantitative estimate of drug-likeness (QED) is 0.0935. The van der Waals surface area contributed by atoms with Gasteiger partial charge in [0.05, 0.1) is 25.3 Å². The average Bonchev–Trinajstić information content (AvgIpc) is 3.44. The van der Waals surface area contributed by atoms with Gasteiger partial charge in [0.25, 0.3) is 11.8 Å². The smallest absolute Gasteiger partial charge is 0.317 e. The number of fused-ring (bicyclic) bond motifs is 4. The van der Waals surface area contributed by atoms with Crippen molar-refractivity contribution in [1.82, 2.24) is 41.5 Å². The molecule has 24 heteroatoms. The first-order valence-corrected chi connectivity index (χ1v) is 19.2. The SMILES string of the molecule is O=C(NOCC1CCCNC1)[C@@H]1CC[C@@H]2CN1C(=O)N2OS(=O)(=O)O.O=C(NOCC1CCNCC1)[C@@H]1CC[C@@H]2CN1C(=O)N2OS(=O)(=O)O. The number of nitrogens with one attached hydrogen (secondary N) is 4. The molecule has 6 aliphatic heterocycles. The number of urea groups is 2. The molecule has 6 aliphatic rings. The summed E-state index contributed by atoms with van der Waals surface area (Å²) in [6, 6.07) is -4.09. The number of hydrogen-bond donors (Lipinski definition) is 6. The van der Waals surface area contributed by atoms with Crippen LogP contribution in [0.25, 0.3) is 0 Å². The highest BCUT2D eigenvalue weighted by Crippen LogP contribution is 2.32. The van der Waals surface area contributed by atoms with Gasteiger partial charge in [-0.25, -0.2) is 20.5 Å². The second-order valence-electron chi connectivity index (χ2n) is 13.0. The van der Waals surface area contributed by atoms with Crippen LogP contribution in [0.15, 0.2) is 0 Å². The summed E-state index contributed by atoms with van der Waals surface area (Å²) in [5, 5.41) is 7.72. The minimum atomic E-state index is -4.80. The highest BCUT2D eigenvalue weighted by molar-refractivity contribution is 7.81. The van der Waals surface area contributed by atoms with Crippen LogP contribution in [-0.2, 0) is 48.6 Å². The van der Waals surface area contributed by atoms with Crippen LogP contribution < -0.4 is 21.6 Å². The van der Waals surface area contributed by atoms with E-state index < -0.39 is 68.8 Å². The minimum absolute atomic E-state index is 0.152. The zero-order valence-corrected chi connectivity index (χ0v) is 28.8. The lowest BCUT2D eigenvalue weighted by molar-refractivity contribution is -0.140. The van der Waals surface area contributed by atoms with Gasteiger partial charge in [0.1, 0.15) is 12.1 Å². The summed E-state index contributed by atoms with van der Waals surface area (Å²) in [4.78, 5) is 62.1. The molecule has 284 valence electrons. The highest BCUT2D eigenvalue weighted by Gasteiger charge is 2.50. The Kier molecular flexibility index (Phi) is 12.7. The molecule has 50 heavy (non-hydrogen) atoms. The van der Waals surface area contributed by atoms with Crippen molar-refractivity contribution in [2.75, 3.05) is 52.5 Å². The Balaban J connectivity index is 0.000000194. The Morgan fingerprint density at radius 3 is 1.60 bits per heavy atom. The predicted octanol–water partition coefficient (Wildman–Crippen LogP) is -1.93. The second-order valence-corrected chi connectivity index (χ2v) is 15.0. The summed E-state index contributed by atoms with van der Waals surface area (Å²) < 4.78 is 69.5. The van der Waals surface area contributed by atoms with E-state index in [0.29, 0.717) is 60.9 Å². The van der Waals surface area contributed by atoms with Crippen LogP contribution in [0.1, 0.15) is 51.4 Å². The van der Waals surface area contributed by atoms with Crippen molar-refractivity contribution >= 4 is 44.7 Å². The van der Waals surface area contributed by atoms with Crippen LogP contribution in [0.2, 0.25) is 0 Å². The Morgan fingerprint density at radius 2 is 1.16 bits per heavy atom. The lowest BCUT2D eigenvalue weighted by atomic mass is 9.99. The number of piperidine rings is 4. The maximum absolute atomic E-state index is 12.3. The van der Waals surface area contributed by atoms with Gasteiger partial charge >= 0.3 is 32.9 Å². The fourth-order valence-electron chi connectivity index (χ4n) is 6.92. The maximum Gasteiger partial charge on any atom is 0.418 e. The van der Waals surface area contributed by atoms with E-state index in [4.69, 9.17) is 18.8 Å². The standard InChI is InChI=1S/2C13H22N4O7S/c18-12(15-23-8-9-3-5-14-6-4-9)11-2-1-10-7-16(11)13(19)17(10)24-25(20,21)22;18-12(15-23-8-9-2-1-5-14-6-9)11-4-3-10-7-16(11)13(19)17(10)24-25(20,21)22/h2*9-11,14H,1-8H2,(H,15,18)(H,20,21,22)/t10-,11+;9?,10-,11+/m11/s1. The molecule has 6 rings (SSSR count). The van der Waals surface area contributed by atoms with Crippen molar-refractivity contribution in [3.05, 3.63) is 0 Å². The van der Waals surface area contributed by atoms with E-state index in [-0.39, 0.29) is 13.1 Å². The summed E-state index contributed by atoms with van der Waals surface area (Å²) in [5.41, 5.74) is 4.76. The third-order valence-electron chi connectivity index (χ3n) is 9.44. The van der Waals surface area contributed by atoms with E-state index in [2.05, 4.69) is 30.2 Å². The Bertz CT molecular complexity index is 1350. The van der Waals surface area contributed by atoms with Gasteiger partial charge in [-0.15, -0.1) is 8.57 Å². The number of carbonyl (C=O) groups excluding carboxylic acids is 4. The summed E-state index contributed by atoms with van der Waals surface area (Å²) in [6.07, 6.45) is 5.51. The number of amides is 6. The minimum Gasteiger partial charge on any atom is -0.317 e. The van der Waals surface area contributed by atoms with Crippen LogP contribution in [0, 0.1) is 11.8 Å². The first kappa shape index (κ1) is 38.3. The first-order valence-electron chi connectivity index (χ1n) is 16.5. The lowest BCUT2D eigenvalue weighted by Crippen LogP contribution is -2.50. The van der Waals surface area contributed by atoms with E-state index in [9.17, 15) is 36.0 Å². The monoisotopic (exact) mass is 756 g/mol. The normalized spacial score (nSPS) is 28.7. The molecule has 6 amide bonds. The van der Waals surface area contributed by atoms with Crippen molar-refractivity contribution < 1.29 is 63.4 Å². The Hall–Kier alpha value is -2.94. The maximum atomic E-state index is 12.3. The van der Waals surface area contributed by atoms with E-state index in [1.807, 2.05) is 0 Å². The summed E-state index contributed by atoms with van der Waals surface area (Å²) in [6.45, 7) is 4.79. The topological polar surface area (TPSA) is 275 Å². The molecular weight excluding hydrogens is 712 g/mol. The zero-order chi connectivity index (χ0) is 36.1.